The molecule has 1 aliphatic heterocycles. The molecule has 1 aromatic carbocycles. The van der Waals surface area contributed by atoms with Gasteiger partial charge < -0.3 is 14.1 Å². The second-order valence-electron chi connectivity index (χ2n) is 5.90. The average molecular weight is 344 g/mol. The van der Waals surface area contributed by atoms with Gasteiger partial charge in [-0.05, 0) is 12.1 Å². The van der Waals surface area contributed by atoms with Gasteiger partial charge in [0, 0.05) is 24.6 Å². The largest absolute Gasteiger partial charge is 0.464 e. The van der Waals surface area contributed by atoms with Crippen LogP contribution in [0.5, 0.6) is 0 Å². The number of nitrogens with zero attached hydrogens (tertiary/aromatic N) is 2. The number of hydrogen-bond donors (Lipinski definition) is 0. The van der Waals surface area contributed by atoms with Crippen LogP contribution in [-0.4, -0.2) is 35.5 Å². The van der Waals surface area contributed by atoms with Gasteiger partial charge in [0.1, 0.15) is 17.6 Å². The number of benzene rings is 1. The molecule has 132 valence electrons. The highest BCUT2D eigenvalue weighted by Crippen LogP contribution is 2.28. The lowest BCUT2D eigenvalue weighted by Gasteiger charge is -2.34. The Morgan fingerprint density at radius 3 is 2.84 bits per heavy atom. The predicted molar refractivity (Wildman–Crippen MR) is 90.2 cm³/mol. The Morgan fingerprint density at radius 1 is 1.32 bits per heavy atom. The van der Waals surface area contributed by atoms with E-state index in [-0.39, 0.29) is 24.1 Å². The molecule has 0 aliphatic carbocycles. The lowest BCUT2D eigenvalue weighted by atomic mass is 10.1. The highest BCUT2D eigenvalue weighted by molar-refractivity contribution is 5.80. The lowest BCUT2D eigenvalue weighted by molar-refractivity contribution is -0.385. The Balaban J connectivity index is 1.81. The van der Waals surface area contributed by atoms with Crippen LogP contribution in [0, 0.1) is 10.1 Å². The minimum atomic E-state index is -0.459. The summed E-state index contributed by atoms with van der Waals surface area (Å²) in [6.45, 7) is 3.24. The molecule has 0 bridgehead atoms. The van der Waals surface area contributed by atoms with Gasteiger partial charge in [-0.25, -0.2) is 0 Å². The molecule has 2 aromatic rings. The van der Waals surface area contributed by atoms with Crippen LogP contribution < -0.4 is 0 Å². The fourth-order valence-electron chi connectivity index (χ4n) is 3.00. The molecule has 1 aromatic heterocycles. The van der Waals surface area contributed by atoms with E-state index in [4.69, 9.17) is 9.15 Å². The van der Waals surface area contributed by atoms with Crippen LogP contribution >= 0.6 is 0 Å². The lowest BCUT2D eigenvalue weighted by Crippen LogP contribution is -2.44. The molecule has 1 amide bonds. The van der Waals surface area contributed by atoms with Crippen LogP contribution in [0.1, 0.15) is 30.0 Å². The molecule has 0 N–H and O–H groups in total. The zero-order chi connectivity index (χ0) is 17.8. The van der Waals surface area contributed by atoms with Gasteiger partial charge in [-0.3, -0.25) is 14.9 Å². The molecule has 1 saturated heterocycles. The van der Waals surface area contributed by atoms with Gasteiger partial charge in [-0.15, -0.1) is 0 Å². The number of rotatable bonds is 5. The molecule has 0 radical (unpaired) electrons. The fourth-order valence-corrected chi connectivity index (χ4v) is 3.00. The van der Waals surface area contributed by atoms with Crippen molar-refractivity contribution in [3.05, 3.63) is 63.6 Å². The Bertz CT molecular complexity index is 770. The van der Waals surface area contributed by atoms with Crippen LogP contribution in [0.3, 0.4) is 0 Å². The van der Waals surface area contributed by atoms with E-state index in [0.717, 1.165) is 12.2 Å². The highest BCUT2D eigenvalue weighted by Gasteiger charge is 2.31. The van der Waals surface area contributed by atoms with Crippen molar-refractivity contribution < 1.29 is 18.9 Å². The van der Waals surface area contributed by atoms with Crippen molar-refractivity contribution in [2.45, 2.75) is 25.8 Å². The first-order valence-electron chi connectivity index (χ1n) is 8.28. The van der Waals surface area contributed by atoms with E-state index in [1.807, 2.05) is 19.1 Å². The highest BCUT2D eigenvalue weighted by atomic mass is 16.6. The summed E-state index contributed by atoms with van der Waals surface area (Å²) in [6, 6.07) is 9.79. The van der Waals surface area contributed by atoms with Gasteiger partial charge in [0.15, 0.2) is 0 Å². The first-order chi connectivity index (χ1) is 12.1. The zero-order valence-corrected chi connectivity index (χ0v) is 14.0. The molecule has 1 fully saturated rings. The van der Waals surface area contributed by atoms with E-state index >= 15 is 0 Å². The molecular formula is C18H20N2O5. The molecule has 1 atom stereocenters. The molecule has 1 aliphatic rings. The smallest absolute Gasteiger partial charge is 0.273 e. The number of amides is 1. The van der Waals surface area contributed by atoms with Crippen LogP contribution in [0.4, 0.5) is 5.69 Å². The van der Waals surface area contributed by atoms with Crippen molar-refractivity contribution in [2.75, 3.05) is 19.8 Å². The number of para-hydroxylation sites is 1. The Kier molecular flexibility index (Phi) is 5.14. The number of ether oxygens (including phenoxy) is 1. The van der Waals surface area contributed by atoms with Crippen LogP contribution in [0.2, 0.25) is 0 Å². The Labute approximate surface area is 145 Å². The number of furan rings is 1. The van der Waals surface area contributed by atoms with Crippen molar-refractivity contribution in [2.24, 2.45) is 0 Å². The topological polar surface area (TPSA) is 85.8 Å². The summed E-state index contributed by atoms with van der Waals surface area (Å²) in [6.07, 6.45) is 0.757. The van der Waals surface area contributed by atoms with Gasteiger partial charge >= 0.3 is 0 Å². The molecule has 25 heavy (non-hydrogen) atoms. The third-order valence-electron chi connectivity index (χ3n) is 4.34. The van der Waals surface area contributed by atoms with Crippen LogP contribution in [-0.2, 0) is 22.4 Å². The number of nitro groups is 1. The van der Waals surface area contributed by atoms with Gasteiger partial charge in [-0.1, -0.05) is 25.1 Å². The zero-order valence-electron chi connectivity index (χ0n) is 14.0. The predicted octanol–water partition coefficient (Wildman–Crippen LogP) is 2.89. The third-order valence-corrected chi connectivity index (χ3v) is 4.34. The second-order valence-corrected chi connectivity index (χ2v) is 5.90. The van der Waals surface area contributed by atoms with E-state index in [2.05, 4.69) is 0 Å². The summed E-state index contributed by atoms with van der Waals surface area (Å²) in [4.78, 5) is 25.2. The number of nitro benzene ring substituents is 1. The van der Waals surface area contributed by atoms with Crippen molar-refractivity contribution in [3.8, 4) is 0 Å². The Hall–Kier alpha value is -2.67. The molecule has 7 nitrogen and oxygen atoms in total. The van der Waals surface area contributed by atoms with Crippen molar-refractivity contribution in [1.29, 1.82) is 0 Å². The summed E-state index contributed by atoms with van der Waals surface area (Å²) < 4.78 is 11.3. The summed E-state index contributed by atoms with van der Waals surface area (Å²) in [5, 5.41) is 11.1. The van der Waals surface area contributed by atoms with E-state index in [0.29, 0.717) is 31.1 Å². The summed E-state index contributed by atoms with van der Waals surface area (Å²) in [5.41, 5.74) is 0.378. The minimum Gasteiger partial charge on any atom is -0.464 e. The molecule has 0 spiro atoms. The van der Waals surface area contributed by atoms with Gasteiger partial charge in [0.2, 0.25) is 5.91 Å². The van der Waals surface area contributed by atoms with E-state index in [1.165, 1.54) is 6.07 Å². The van der Waals surface area contributed by atoms with Crippen LogP contribution in [0.25, 0.3) is 0 Å². The minimum absolute atomic E-state index is 0.0189. The fraction of sp³-hybridized carbons (Fsp3) is 0.389. The summed E-state index contributed by atoms with van der Waals surface area (Å²) in [5.74, 6) is 1.37. The molecule has 7 heteroatoms. The average Bonchev–Trinajstić information content (AvgIpc) is 3.11. The number of morpholine rings is 1. The van der Waals surface area contributed by atoms with Crippen molar-refractivity contribution in [1.82, 2.24) is 4.90 Å². The molecule has 2 heterocycles. The molecule has 3 rings (SSSR count). The number of carbonyl (C=O) groups excluding carboxylic acids is 1. The Morgan fingerprint density at radius 2 is 2.12 bits per heavy atom. The van der Waals surface area contributed by atoms with Crippen molar-refractivity contribution >= 4 is 11.6 Å². The maximum Gasteiger partial charge on any atom is 0.273 e. The number of aryl methyl sites for hydroxylation is 1. The quantitative estimate of drug-likeness (QED) is 0.615. The third kappa shape index (κ3) is 3.71. The maximum atomic E-state index is 12.8. The summed E-state index contributed by atoms with van der Waals surface area (Å²) >= 11 is 0. The monoisotopic (exact) mass is 344 g/mol. The number of hydrogen-bond acceptors (Lipinski definition) is 5. The molecule has 0 unspecified atom stereocenters. The van der Waals surface area contributed by atoms with E-state index < -0.39 is 4.92 Å². The van der Waals surface area contributed by atoms with Gasteiger partial charge in [0.25, 0.3) is 5.69 Å². The van der Waals surface area contributed by atoms with E-state index in [9.17, 15) is 14.9 Å². The van der Waals surface area contributed by atoms with Gasteiger partial charge in [0.05, 0.1) is 24.6 Å². The standard InChI is InChI=1S/C18H20N2O5/c1-2-14-7-8-17(25-14)16-12-24-10-9-19(16)18(21)11-13-5-3-4-6-15(13)20(22)23/h3-8,16H,2,9-12H2,1H3/t16-/m1/s1. The maximum absolute atomic E-state index is 12.8. The van der Waals surface area contributed by atoms with Crippen LogP contribution in [0.15, 0.2) is 40.8 Å². The molecule has 0 saturated carbocycles. The van der Waals surface area contributed by atoms with Gasteiger partial charge in [-0.2, -0.15) is 0 Å². The van der Waals surface area contributed by atoms with E-state index in [1.54, 1.807) is 23.1 Å². The summed E-state index contributed by atoms with van der Waals surface area (Å²) in [7, 11) is 0. The second kappa shape index (κ2) is 7.48. The van der Waals surface area contributed by atoms with Crippen molar-refractivity contribution in [3.63, 3.8) is 0 Å². The normalized spacial score (nSPS) is 17.5. The molecular weight excluding hydrogens is 324 g/mol. The first-order valence-corrected chi connectivity index (χ1v) is 8.28. The first kappa shape index (κ1) is 17.2. The SMILES string of the molecule is CCc1ccc([C@H]2COCCN2C(=O)Cc2ccccc2[N+](=O)[O-])o1. The number of carbonyl (C=O) groups is 1.